The highest BCUT2D eigenvalue weighted by molar-refractivity contribution is 9.11. The molecular formula is C14H12Br2N2O2S. The summed E-state index contributed by atoms with van der Waals surface area (Å²) in [5.41, 5.74) is 1.64. The van der Waals surface area contributed by atoms with Crippen molar-refractivity contribution in [1.82, 2.24) is 4.98 Å². The fourth-order valence-corrected chi connectivity index (χ4v) is 4.64. The molecule has 0 aliphatic heterocycles. The smallest absolute Gasteiger partial charge is 0.312 e. The van der Waals surface area contributed by atoms with Crippen LogP contribution in [0.15, 0.2) is 27.1 Å². The Labute approximate surface area is 142 Å². The first-order valence-corrected chi connectivity index (χ1v) is 8.89. The molecule has 1 unspecified atom stereocenters. The molecule has 1 atom stereocenters. The molecule has 1 aliphatic rings. The Bertz CT molecular complexity index is 702. The van der Waals surface area contributed by atoms with Crippen LogP contribution in [0.4, 0.5) is 10.8 Å². The summed E-state index contributed by atoms with van der Waals surface area (Å²) in [7, 11) is 0. The van der Waals surface area contributed by atoms with Crippen LogP contribution >= 0.6 is 43.2 Å². The van der Waals surface area contributed by atoms with E-state index in [0.717, 1.165) is 43.2 Å². The SMILES string of the molecule is O=C(O)C1CCCc2sc(Nc3ccc(Br)cc3Br)nc21. The molecule has 1 heterocycles. The van der Waals surface area contributed by atoms with Gasteiger partial charge in [0.05, 0.1) is 11.4 Å². The number of nitrogens with zero attached hydrogens (tertiary/aromatic N) is 1. The largest absolute Gasteiger partial charge is 0.481 e. The predicted molar refractivity (Wildman–Crippen MR) is 90.6 cm³/mol. The van der Waals surface area contributed by atoms with Gasteiger partial charge in [-0.3, -0.25) is 4.79 Å². The molecule has 21 heavy (non-hydrogen) atoms. The zero-order chi connectivity index (χ0) is 15.0. The van der Waals surface area contributed by atoms with Crippen molar-refractivity contribution in [2.45, 2.75) is 25.2 Å². The third-order valence-corrected chi connectivity index (χ3v) is 5.62. The van der Waals surface area contributed by atoms with Gasteiger partial charge in [0.1, 0.15) is 5.92 Å². The van der Waals surface area contributed by atoms with Gasteiger partial charge >= 0.3 is 5.97 Å². The molecule has 1 aromatic carbocycles. The number of anilines is 2. The Hall–Kier alpha value is -0.920. The number of rotatable bonds is 3. The normalized spacial score (nSPS) is 17.3. The monoisotopic (exact) mass is 430 g/mol. The molecule has 0 spiro atoms. The topological polar surface area (TPSA) is 62.2 Å². The number of carboxylic acids is 1. The number of fused-ring (bicyclic) bond motifs is 1. The molecule has 1 aliphatic carbocycles. The minimum Gasteiger partial charge on any atom is -0.481 e. The Kier molecular flexibility index (Phi) is 4.33. The lowest BCUT2D eigenvalue weighted by atomic mass is 9.91. The summed E-state index contributed by atoms with van der Waals surface area (Å²) in [5.74, 6) is -1.24. The van der Waals surface area contributed by atoms with E-state index in [1.165, 1.54) is 0 Å². The number of aryl methyl sites for hydroxylation is 1. The van der Waals surface area contributed by atoms with Gasteiger partial charge in [-0.25, -0.2) is 4.98 Å². The molecule has 2 N–H and O–H groups in total. The molecule has 0 bridgehead atoms. The summed E-state index contributed by atoms with van der Waals surface area (Å²) < 4.78 is 1.92. The highest BCUT2D eigenvalue weighted by atomic mass is 79.9. The molecule has 4 nitrogen and oxygen atoms in total. The molecule has 110 valence electrons. The number of thiazole rings is 1. The lowest BCUT2D eigenvalue weighted by Crippen LogP contribution is -2.17. The van der Waals surface area contributed by atoms with Crippen LogP contribution in [0.2, 0.25) is 0 Å². The zero-order valence-corrected chi connectivity index (χ0v) is 14.9. The van der Waals surface area contributed by atoms with Crippen LogP contribution in [0, 0.1) is 0 Å². The van der Waals surface area contributed by atoms with Gasteiger partial charge in [0.25, 0.3) is 0 Å². The summed E-state index contributed by atoms with van der Waals surface area (Å²) in [6.45, 7) is 0. The van der Waals surface area contributed by atoms with Gasteiger partial charge in [-0.1, -0.05) is 15.9 Å². The van der Waals surface area contributed by atoms with Crippen molar-refractivity contribution in [1.29, 1.82) is 0 Å². The second-order valence-electron chi connectivity index (χ2n) is 4.86. The number of aliphatic carboxylic acids is 1. The molecule has 0 amide bonds. The summed E-state index contributed by atoms with van der Waals surface area (Å²) in [4.78, 5) is 16.9. The highest BCUT2D eigenvalue weighted by Crippen LogP contribution is 2.38. The number of carbonyl (C=O) groups is 1. The number of benzene rings is 1. The molecule has 7 heteroatoms. The molecule has 0 saturated heterocycles. The van der Waals surface area contributed by atoms with E-state index in [9.17, 15) is 9.90 Å². The Balaban J connectivity index is 1.89. The fourth-order valence-electron chi connectivity index (χ4n) is 2.42. The summed E-state index contributed by atoms with van der Waals surface area (Å²) in [6, 6.07) is 5.85. The maximum Gasteiger partial charge on any atom is 0.312 e. The van der Waals surface area contributed by atoms with Crippen molar-refractivity contribution in [2.75, 3.05) is 5.32 Å². The second-order valence-corrected chi connectivity index (χ2v) is 7.71. The van der Waals surface area contributed by atoms with Gasteiger partial charge in [-0.05, 0) is 53.4 Å². The van der Waals surface area contributed by atoms with Crippen molar-refractivity contribution in [2.24, 2.45) is 0 Å². The summed E-state index contributed by atoms with van der Waals surface area (Å²) in [6.07, 6.45) is 2.50. The minimum atomic E-state index is -0.780. The third kappa shape index (κ3) is 3.14. The van der Waals surface area contributed by atoms with Crippen molar-refractivity contribution >= 4 is 60.0 Å². The maximum absolute atomic E-state index is 11.3. The lowest BCUT2D eigenvalue weighted by Gasteiger charge is -2.16. The first-order chi connectivity index (χ1) is 10.0. The van der Waals surface area contributed by atoms with Crippen molar-refractivity contribution in [3.05, 3.63) is 37.7 Å². The first kappa shape index (κ1) is 15.0. The summed E-state index contributed by atoms with van der Waals surface area (Å²) >= 11 is 8.46. The number of hydrogen-bond donors (Lipinski definition) is 2. The van der Waals surface area contributed by atoms with Gasteiger partial charge in [0.2, 0.25) is 0 Å². The van der Waals surface area contributed by atoms with Gasteiger partial charge < -0.3 is 10.4 Å². The minimum absolute atomic E-state index is 0.464. The molecule has 0 saturated carbocycles. The molecule has 0 radical (unpaired) electrons. The van der Waals surface area contributed by atoms with Gasteiger partial charge in [-0.2, -0.15) is 0 Å². The van der Waals surface area contributed by atoms with Crippen molar-refractivity contribution in [3.8, 4) is 0 Å². The number of nitrogens with one attached hydrogen (secondary N) is 1. The maximum atomic E-state index is 11.3. The molecule has 0 fully saturated rings. The Morgan fingerprint density at radius 1 is 1.43 bits per heavy atom. The van der Waals surface area contributed by atoms with Crippen LogP contribution in [0.3, 0.4) is 0 Å². The fraction of sp³-hybridized carbons (Fsp3) is 0.286. The number of hydrogen-bond acceptors (Lipinski definition) is 4. The number of aromatic nitrogens is 1. The quantitative estimate of drug-likeness (QED) is 0.724. The number of halogens is 2. The van der Waals surface area contributed by atoms with E-state index >= 15 is 0 Å². The Morgan fingerprint density at radius 2 is 2.24 bits per heavy atom. The third-order valence-electron chi connectivity index (χ3n) is 3.43. The van der Waals surface area contributed by atoms with E-state index in [1.54, 1.807) is 11.3 Å². The Morgan fingerprint density at radius 3 is 2.95 bits per heavy atom. The van der Waals surface area contributed by atoms with E-state index in [1.807, 2.05) is 18.2 Å². The molecule has 1 aromatic heterocycles. The first-order valence-electron chi connectivity index (χ1n) is 6.49. The van der Waals surface area contributed by atoms with Crippen LogP contribution in [0.5, 0.6) is 0 Å². The van der Waals surface area contributed by atoms with Crippen LogP contribution in [0.1, 0.15) is 29.3 Å². The van der Waals surface area contributed by atoms with E-state index in [2.05, 4.69) is 42.2 Å². The van der Waals surface area contributed by atoms with Crippen molar-refractivity contribution in [3.63, 3.8) is 0 Å². The van der Waals surface area contributed by atoms with Gasteiger partial charge in [0.15, 0.2) is 5.13 Å². The molecule has 3 rings (SSSR count). The molecular weight excluding hydrogens is 420 g/mol. The van der Waals surface area contributed by atoms with E-state index in [4.69, 9.17) is 0 Å². The van der Waals surface area contributed by atoms with Crippen molar-refractivity contribution < 1.29 is 9.90 Å². The highest BCUT2D eigenvalue weighted by Gasteiger charge is 2.30. The zero-order valence-electron chi connectivity index (χ0n) is 10.9. The lowest BCUT2D eigenvalue weighted by molar-refractivity contribution is -0.139. The van der Waals surface area contributed by atoms with Crippen LogP contribution in [-0.2, 0) is 11.2 Å². The summed E-state index contributed by atoms with van der Waals surface area (Å²) in [5, 5.41) is 13.3. The van der Waals surface area contributed by atoms with Gasteiger partial charge in [0, 0.05) is 13.8 Å². The van der Waals surface area contributed by atoms with Crippen LogP contribution in [-0.4, -0.2) is 16.1 Å². The van der Waals surface area contributed by atoms with E-state index in [0.29, 0.717) is 6.42 Å². The standard InChI is InChI=1S/C14H12Br2N2O2S/c15-7-4-5-10(9(16)6-7)17-14-18-12-8(13(19)20)2-1-3-11(12)21-14/h4-6,8H,1-3H2,(H,17,18)(H,19,20). The van der Waals surface area contributed by atoms with E-state index < -0.39 is 11.9 Å². The van der Waals surface area contributed by atoms with Crippen LogP contribution in [0.25, 0.3) is 0 Å². The second kappa shape index (κ2) is 6.06. The predicted octanol–water partition coefficient (Wildman–Crippen LogP) is 4.92. The van der Waals surface area contributed by atoms with Gasteiger partial charge in [-0.15, -0.1) is 11.3 Å². The van der Waals surface area contributed by atoms with Crippen LogP contribution < -0.4 is 5.32 Å². The average Bonchev–Trinajstić information content (AvgIpc) is 2.83. The van der Waals surface area contributed by atoms with E-state index in [-0.39, 0.29) is 0 Å². The number of carboxylic acid groups (broad SMARTS) is 1. The molecule has 2 aromatic rings. The average molecular weight is 432 g/mol.